The molecule has 0 saturated heterocycles. The Hall–Kier alpha value is -1.17. The Labute approximate surface area is 107 Å². The van der Waals surface area contributed by atoms with Crippen LogP contribution in [0.3, 0.4) is 0 Å². The number of methoxy groups -OCH3 is 1. The summed E-state index contributed by atoms with van der Waals surface area (Å²) in [4.78, 5) is 1.87. The minimum atomic E-state index is -0.764. The molecule has 0 aromatic heterocycles. The molecule has 1 aromatic carbocycles. The summed E-state index contributed by atoms with van der Waals surface area (Å²) in [6.07, 6.45) is -0.764. The standard InChI is InChI=1S/C13H20FNO3/c1-10(17)12-9-11(14)3-4-13(12)15(5-7-16)6-8-18-2/h3-4,9-10,16-17H,5-8H2,1-2H3/t10-/m0/s1. The van der Waals surface area contributed by atoms with Gasteiger partial charge in [-0.05, 0) is 25.1 Å². The van der Waals surface area contributed by atoms with Crippen LogP contribution in [0, 0.1) is 5.82 Å². The van der Waals surface area contributed by atoms with E-state index < -0.39 is 6.10 Å². The number of rotatable bonds is 7. The van der Waals surface area contributed by atoms with Crippen molar-refractivity contribution in [3.05, 3.63) is 29.6 Å². The second-order valence-electron chi connectivity index (χ2n) is 4.08. The van der Waals surface area contributed by atoms with Gasteiger partial charge in [-0.2, -0.15) is 0 Å². The first-order chi connectivity index (χ1) is 8.60. The van der Waals surface area contributed by atoms with E-state index in [2.05, 4.69) is 0 Å². The van der Waals surface area contributed by atoms with Gasteiger partial charge in [0.25, 0.3) is 0 Å². The lowest BCUT2D eigenvalue weighted by atomic mass is 10.1. The van der Waals surface area contributed by atoms with Crippen molar-refractivity contribution in [2.24, 2.45) is 0 Å². The lowest BCUT2D eigenvalue weighted by Gasteiger charge is -2.27. The van der Waals surface area contributed by atoms with E-state index in [-0.39, 0.29) is 12.4 Å². The first-order valence-electron chi connectivity index (χ1n) is 5.92. The third kappa shape index (κ3) is 3.94. The maximum atomic E-state index is 13.2. The summed E-state index contributed by atoms with van der Waals surface area (Å²) in [5.74, 6) is -0.384. The normalized spacial score (nSPS) is 12.5. The Morgan fingerprint density at radius 2 is 2.11 bits per heavy atom. The molecular weight excluding hydrogens is 237 g/mol. The molecule has 0 radical (unpaired) electrons. The van der Waals surface area contributed by atoms with E-state index in [1.807, 2.05) is 4.90 Å². The summed E-state index contributed by atoms with van der Waals surface area (Å²) in [6, 6.07) is 4.28. The van der Waals surface area contributed by atoms with Crippen LogP contribution in [0.5, 0.6) is 0 Å². The Morgan fingerprint density at radius 3 is 2.67 bits per heavy atom. The van der Waals surface area contributed by atoms with Crippen molar-refractivity contribution < 1.29 is 19.3 Å². The van der Waals surface area contributed by atoms with E-state index >= 15 is 0 Å². The van der Waals surface area contributed by atoms with Gasteiger partial charge in [-0.3, -0.25) is 0 Å². The highest BCUT2D eigenvalue weighted by atomic mass is 19.1. The molecular formula is C13H20FNO3. The third-order valence-corrected chi connectivity index (χ3v) is 2.72. The van der Waals surface area contributed by atoms with Crippen LogP contribution in [0.1, 0.15) is 18.6 Å². The Kier molecular flexibility index (Phi) is 6.04. The topological polar surface area (TPSA) is 52.9 Å². The molecule has 0 aliphatic heterocycles. The van der Waals surface area contributed by atoms with Crippen LogP contribution in [0.4, 0.5) is 10.1 Å². The molecule has 0 aliphatic rings. The smallest absolute Gasteiger partial charge is 0.123 e. The van der Waals surface area contributed by atoms with Crippen LogP contribution in [0.2, 0.25) is 0 Å². The van der Waals surface area contributed by atoms with E-state index in [4.69, 9.17) is 9.84 Å². The third-order valence-electron chi connectivity index (χ3n) is 2.72. The number of halogens is 1. The molecule has 18 heavy (non-hydrogen) atoms. The monoisotopic (exact) mass is 257 g/mol. The van der Waals surface area contributed by atoms with Crippen LogP contribution < -0.4 is 4.90 Å². The van der Waals surface area contributed by atoms with Crippen LogP contribution in [0.25, 0.3) is 0 Å². The average Bonchev–Trinajstić information content (AvgIpc) is 2.34. The van der Waals surface area contributed by atoms with E-state index in [9.17, 15) is 9.50 Å². The molecule has 0 heterocycles. The van der Waals surface area contributed by atoms with Gasteiger partial charge in [0.15, 0.2) is 0 Å². The lowest BCUT2D eigenvalue weighted by molar-refractivity contribution is 0.195. The molecule has 1 rings (SSSR count). The summed E-state index contributed by atoms with van der Waals surface area (Å²) in [6.45, 7) is 3.06. The van der Waals surface area contributed by atoms with Crippen molar-refractivity contribution >= 4 is 5.69 Å². The number of hydrogen-bond donors (Lipinski definition) is 2. The zero-order chi connectivity index (χ0) is 13.5. The van der Waals surface area contributed by atoms with Crippen LogP contribution >= 0.6 is 0 Å². The van der Waals surface area contributed by atoms with Crippen LogP contribution in [-0.4, -0.2) is 43.6 Å². The Bertz CT molecular complexity index is 371. The zero-order valence-corrected chi connectivity index (χ0v) is 10.8. The molecule has 0 bridgehead atoms. The largest absolute Gasteiger partial charge is 0.395 e. The summed E-state index contributed by atoms with van der Waals surface area (Å²) < 4.78 is 18.2. The van der Waals surface area contributed by atoms with Gasteiger partial charge in [-0.1, -0.05) is 0 Å². The molecule has 5 heteroatoms. The fourth-order valence-electron chi connectivity index (χ4n) is 1.82. The minimum absolute atomic E-state index is 0.0136. The molecule has 102 valence electrons. The number of hydrogen-bond acceptors (Lipinski definition) is 4. The molecule has 0 aliphatic carbocycles. The summed E-state index contributed by atoms with van der Waals surface area (Å²) in [5.41, 5.74) is 1.23. The maximum Gasteiger partial charge on any atom is 0.123 e. The molecule has 1 atom stereocenters. The molecule has 2 N–H and O–H groups in total. The van der Waals surface area contributed by atoms with Gasteiger partial charge in [0.2, 0.25) is 0 Å². The number of aliphatic hydroxyl groups is 2. The van der Waals surface area contributed by atoms with Crippen molar-refractivity contribution in [1.82, 2.24) is 0 Å². The summed E-state index contributed by atoms with van der Waals surface area (Å²) in [5, 5.41) is 18.7. The average molecular weight is 257 g/mol. The highest BCUT2D eigenvalue weighted by molar-refractivity contribution is 5.54. The van der Waals surface area contributed by atoms with Crippen LogP contribution in [-0.2, 0) is 4.74 Å². The van der Waals surface area contributed by atoms with Gasteiger partial charge in [-0.25, -0.2) is 4.39 Å². The van der Waals surface area contributed by atoms with Gasteiger partial charge < -0.3 is 19.8 Å². The Balaban J connectivity index is 3.01. The van der Waals surface area contributed by atoms with Gasteiger partial charge in [0.05, 0.1) is 19.3 Å². The first kappa shape index (κ1) is 14.9. The van der Waals surface area contributed by atoms with Gasteiger partial charge in [-0.15, -0.1) is 0 Å². The molecule has 1 aromatic rings. The van der Waals surface area contributed by atoms with Crippen molar-refractivity contribution in [3.8, 4) is 0 Å². The van der Waals surface area contributed by atoms with Crippen molar-refractivity contribution in [2.75, 3.05) is 38.3 Å². The number of ether oxygens (including phenoxy) is 1. The minimum Gasteiger partial charge on any atom is -0.395 e. The summed E-state index contributed by atoms with van der Waals surface area (Å²) in [7, 11) is 1.59. The number of nitrogens with zero attached hydrogens (tertiary/aromatic N) is 1. The molecule has 0 unspecified atom stereocenters. The van der Waals surface area contributed by atoms with Crippen molar-refractivity contribution in [1.29, 1.82) is 0 Å². The zero-order valence-electron chi connectivity index (χ0n) is 10.8. The SMILES string of the molecule is COCCN(CCO)c1ccc(F)cc1[C@H](C)O. The van der Waals surface area contributed by atoms with E-state index in [0.717, 1.165) is 5.69 Å². The van der Waals surface area contributed by atoms with Gasteiger partial charge >= 0.3 is 0 Å². The fraction of sp³-hybridized carbons (Fsp3) is 0.538. The highest BCUT2D eigenvalue weighted by Gasteiger charge is 2.15. The van der Waals surface area contributed by atoms with Gasteiger partial charge in [0.1, 0.15) is 5.82 Å². The van der Waals surface area contributed by atoms with Gasteiger partial charge in [0, 0.05) is 31.5 Å². The molecule has 0 saturated carbocycles. The molecule has 0 spiro atoms. The van der Waals surface area contributed by atoms with E-state index in [0.29, 0.717) is 25.3 Å². The lowest BCUT2D eigenvalue weighted by Crippen LogP contribution is -2.31. The maximum absolute atomic E-state index is 13.2. The molecule has 0 fully saturated rings. The van der Waals surface area contributed by atoms with Crippen LogP contribution in [0.15, 0.2) is 18.2 Å². The number of benzene rings is 1. The Morgan fingerprint density at radius 1 is 1.39 bits per heavy atom. The highest BCUT2D eigenvalue weighted by Crippen LogP contribution is 2.27. The van der Waals surface area contributed by atoms with Crippen molar-refractivity contribution in [3.63, 3.8) is 0 Å². The number of aliphatic hydroxyl groups excluding tert-OH is 2. The molecule has 4 nitrogen and oxygen atoms in total. The predicted molar refractivity (Wildman–Crippen MR) is 68.2 cm³/mol. The number of anilines is 1. The second kappa shape index (κ2) is 7.31. The van der Waals surface area contributed by atoms with E-state index in [1.54, 1.807) is 20.1 Å². The molecule has 0 amide bonds. The van der Waals surface area contributed by atoms with Crippen molar-refractivity contribution in [2.45, 2.75) is 13.0 Å². The summed E-state index contributed by atoms with van der Waals surface area (Å²) >= 11 is 0. The first-order valence-corrected chi connectivity index (χ1v) is 5.92. The fourth-order valence-corrected chi connectivity index (χ4v) is 1.82. The van der Waals surface area contributed by atoms with E-state index in [1.165, 1.54) is 12.1 Å². The quantitative estimate of drug-likeness (QED) is 0.773. The predicted octanol–water partition coefficient (Wildman–Crippen LogP) is 1.32. The second-order valence-corrected chi connectivity index (χ2v) is 4.08.